The van der Waals surface area contributed by atoms with Crippen LogP contribution in [-0.4, -0.2) is 53.5 Å². The van der Waals surface area contributed by atoms with Crippen LogP contribution in [0.1, 0.15) is 37.5 Å². The van der Waals surface area contributed by atoms with Crippen LogP contribution in [0, 0.1) is 10.1 Å². The quantitative estimate of drug-likeness (QED) is 0.300. The zero-order chi connectivity index (χ0) is 26.0. The molecule has 12 heteroatoms. The molecular formula is C23H31N3O7S2. The third-order valence-corrected chi connectivity index (χ3v) is 9.36. The predicted octanol–water partition coefficient (Wildman–Crippen LogP) is 2.84. The number of nitro benzene ring substituents is 1. The Labute approximate surface area is 209 Å². The standard InChI is InChI=1S/C23H31N3O7S2/c1-22(2,3)34(29)24-23(15-33-14-18-8-9-19(26(27)28)12-21(18)23)16-35(30,31)25(4)13-17-6-10-20(32-5)11-7-17/h6-12,24H,13-16H2,1-5H3/t23-,34+/m0/s1. The second-order valence-electron chi connectivity index (χ2n) is 9.52. The van der Waals surface area contributed by atoms with Gasteiger partial charge in [0.2, 0.25) is 10.0 Å². The predicted molar refractivity (Wildman–Crippen MR) is 134 cm³/mol. The summed E-state index contributed by atoms with van der Waals surface area (Å²) in [6.07, 6.45) is 0. The van der Waals surface area contributed by atoms with E-state index in [2.05, 4.69) is 4.72 Å². The number of non-ortho nitro benzene ring substituents is 1. The van der Waals surface area contributed by atoms with E-state index < -0.39 is 42.3 Å². The molecule has 0 bridgehead atoms. The van der Waals surface area contributed by atoms with Crippen molar-refractivity contribution in [2.45, 2.75) is 44.2 Å². The molecule has 0 saturated heterocycles. The maximum atomic E-state index is 13.6. The molecule has 3 rings (SSSR count). The number of hydrogen-bond acceptors (Lipinski definition) is 8. The summed E-state index contributed by atoms with van der Waals surface area (Å²) in [6, 6.07) is 11.3. The van der Waals surface area contributed by atoms with Crippen molar-refractivity contribution in [2.75, 3.05) is 26.5 Å². The summed E-state index contributed by atoms with van der Waals surface area (Å²) in [5.41, 5.74) is 0.130. The van der Waals surface area contributed by atoms with E-state index in [0.29, 0.717) is 16.9 Å². The minimum atomic E-state index is -3.94. The summed E-state index contributed by atoms with van der Waals surface area (Å²) in [4.78, 5) is 10.9. The number of benzene rings is 2. The molecule has 192 valence electrons. The number of methoxy groups -OCH3 is 1. The van der Waals surface area contributed by atoms with Crippen molar-refractivity contribution in [1.29, 1.82) is 0 Å². The average molecular weight is 526 g/mol. The number of sulfonamides is 1. The van der Waals surface area contributed by atoms with Gasteiger partial charge < -0.3 is 14.0 Å². The van der Waals surface area contributed by atoms with Gasteiger partial charge in [0, 0.05) is 37.1 Å². The third kappa shape index (κ3) is 6.32. The van der Waals surface area contributed by atoms with Crippen LogP contribution in [-0.2, 0) is 44.8 Å². The Morgan fingerprint density at radius 1 is 1.23 bits per heavy atom. The van der Waals surface area contributed by atoms with E-state index in [0.717, 1.165) is 5.56 Å². The highest BCUT2D eigenvalue weighted by molar-refractivity contribution is 7.91. The SMILES string of the molecule is COc1ccc(CN(C)S(=O)(=O)C[C@@]2(N[S@+]([O-])C(C)(C)C)COCc3ccc([N+](=O)[O-])cc32)cc1. The topological polar surface area (TPSA) is 134 Å². The Balaban J connectivity index is 2.01. The molecule has 35 heavy (non-hydrogen) atoms. The lowest BCUT2D eigenvalue weighted by Crippen LogP contribution is -2.59. The van der Waals surface area contributed by atoms with E-state index in [4.69, 9.17) is 9.47 Å². The largest absolute Gasteiger partial charge is 0.598 e. The molecule has 0 saturated carbocycles. The normalized spacial score (nSPS) is 19.3. The van der Waals surface area contributed by atoms with E-state index >= 15 is 0 Å². The molecular weight excluding hydrogens is 494 g/mol. The number of hydrogen-bond donors (Lipinski definition) is 1. The fourth-order valence-electron chi connectivity index (χ4n) is 3.73. The first-order valence-electron chi connectivity index (χ1n) is 10.9. The molecule has 1 N–H and O–H groups in total. The Morgan fingerprint density at radius 2 is 1.89 bits per heavy atom. The summed E-state index contributed by atoms with van der Waals surface area (Å²) < 4.78 is 54.7. The number of nitro groups is 1. The van der Waals surface area contributed by atoms with Crippen molar-refractivity contribution >= 4 is 27.1 Å². The van der Waals surface area contributed by atoms with Gasteiger partial charge in [-0.15, -0.1) is 4.72 Å². The molecule has 2 aromatic carbocycles. The Hall–Kier alpha value is -2.22. The molecule has 0 radical (unpaired) electrons. The van der Waals surface area contributed by atoms with Crippen molar-refractivity contribution in [3.63, 3.8) is 0 Å². The monoisotopic (exact) mass is 525 g/mol. The highest BCUT2D eigenvalue weighted by atomic mass is 32.2. The van der Waals surface area contributed by atoms with Crippen molar-refractivity contribution in [3.8, 4) is 5.75 Å². The Morgan fingerprint density at radius 3 is 2.46 bits per heavy atom. The van der Waals surface area contributed by atoms with Crippen molar-refractivity contribution < 1.29 is 27.4 Å². The lowest BCUT2D eigenvalue weighted by atomic mass is 9.87. The molecule has 2 atom stereocenters. The molecule has 0 spiro atoms. The fraction of sp³-hybridized carbons (Fsp3) is 0.478. The van der Waals surface area contributed by atoms with Gasteiger partial charge in [-0.1, -0.05) is 12.1 Å². The van der Waals surface area contributed by atoms with Crippen molar-refractivity contribution in [2.24, 2.45) is 0 Å². The van der Waals surface area contributed by atoms with Gasteiger partial charge in [0.25, 0.3) is 5.69 Å². The Kier molecular flexibility index (Phi) is 8.14. The smallest absolute Gasteiger partial charge is 0.269 e. The van der Waals surface area contributed by atoms with E-state index in [1.807, 2.05) is 0 Å². The lowest BCUT2D eigenvalue weighted by Gasteiger charge is -2.41. The summed E-state index contributed by atoms with van der Waals surface area (Å²) in [5.74, 6) is 0.160. The zero-order valence-corrected chi connectivity index (χ0v) is 22.1. The minimum absolute atomic E-state index is 0.105. The number of ether oxygens (including phenoxy) is 2. The van der Waals surface area contributed by atoms with Crippen LogP contribution in [0.3, 0.4) is 0 Å². The number of fused-ring (bicyclic) bond motifs is 1. The first-order valence-corrected chi connectivity index (χ1v) is 13.7. The minimum Gasteiger partial charge on any atom is -0.598 e. The summed E-state index contributed by atoms with van der Waals surface area (Å²) >= 11 is -1.69. The highest BCUT2D eigenvalue weighted by Gasteiger charge is 2.48. The molecule has 10 nitrogen and oxygen atoms in total. The second kappa shape index (κ2) is 10.4. The van der Waals surface area contributed by atoms with Gasteiger partial charge in [0.15, 0.2) is 0 Å². The maximum absolute atomic E-state index is 13.6. The molecule has 0 fully saturated rings. The van der Waals surface area contributed by atoms with Gasteiger partial charge in [-0.3, -0.25) is 10.1 Å². The third-order valence-electron chi connectivity index (χ3n) is 5.74. The van der Waals surface area contributed by atoms with Gasteiger partial charge in [-0.2, -0.15) is 0 Å². The van der Waals surface area contributed by atoms with Crippen molar-refractivity contribution in [1.82, 2.24) is 9.03 Å². The first kappa shape index (κ1) is 27.4. The van der Waals surface area contributed by atoms with E-state index in [-0.39, 0.29) is 25.4 Å². The molecule has 2 aromatic rings. The molecule has 1 aliphatic heterocycles. The van der Waals surface area contributed by atoms with E-state index in [1.54, 1.807) is 58.2 Å². The van der Waals surface area contributed by atoms with Gasteiger partial charge >= 0.3 is 0 Å². The molecule has 0 unspecified atom stereocenters. The van der Waals surface area contributed by atoms with Gasteiger partial charge in [0.05, 0.1) is 31.0 Å². The average Bonchev–Trinajstić information content (AvgIpc) is 2.78. The van der Waals surface area contributed by atoms with Crippen LogP contribution in [0.5, 0.6) is 5.75 Å². The summed E-state index contributed by atoms with van der Waals surface area (Å²) in [6.45, 7) is 5.43. The van der Waals surface area contributed by atoms with E-state index in [9.17, 15) is 23.1 Å². The number of nitrogens with zero attached hydrogens (tertiary/aromatic N) is 2. The highest BCUT2D eigenvalue weighted by Crippen LogP contribution is 2.37. The van der Waals surface area contributed by atoms with E-state index in [1.165, 1.54) is 23.5 Å². The van der Waals surface area contributed by atoms with Crippen molar-refractivity contribution in [3.05, 3.63) is 69.3 Å². The number of rotatable bonds is 9. The molecule has 0 aliphatic carbocycles. The van der Waals surface area contributed by atoms with Crippen LogP contribution in [0.2, 0.25) is 0 Å². The molecule has 0 amide bonds. The van der Waals surface area contributed by atoms with Gasteiger partial charge in [-0.25, -0.2) is 12.7 Å². The summed E-state index contributed by atoms with van der Waals surface area (Å²) in [5, 5.41) is 11.5. The fourth-order valence-corrected chi connectivity index (χ4v) is 6.23. The lowest BCUT2D eigenvalue weighted by molar-refractivity contribution is -0.385. The first-order chi connectivity index (χ1) is 16.3. The zero-order valence-electron chi connectivity index (χ0n) is 20.4. The Bertz CT molecular complexity index is 1170. The van der Waals surface area contributed by atoms with Crippen LogP contribution in [0.25, 0.3) is 0 Å². The molecule has 1 heterocycles. The number of nitrogens with one attached hydrogen (secondary N) is 1. The van der Waals surface area contributed by atoms with Crippen LogP contribution in [0.4, 0.5) is 5.69 Å². The summed E-state index contributed by atoms with van der Waals surface area (Å²) in [7, 11) is -0.930. The van der Waals surface area contributed by atoms with Gasteiger partial charge in [-0.05, 0) is 55.7 Å². The van der Waals surface area contributed by atoms with Gasteiger partial charge in [0.1, 0.15) is 16.0 Å². The van der Waals surface area contributed by atoms with Crippen LogP contribution >= 0.6 is 0 Å². The maximum Gasteiger partial charge on any atom is 0.269 e. The van der Waals surface area contributed by atoms with Crippen LogP contribution < -0.4 is 9.46 Å². The van der Waals surface area contributed by atoms with Crippen LogP contribution in [0.15, 0.2) is 42.5 Å². The second-order valence-corrected chi connectivity index (χ2v) is 13.6. The molecule has 1 aliphatic rings. The molecule has 0 aromatic heterocycles.